The molecule has 0 amide bonds. The van der Waals surface area contributed by atoms with E-state index in [1.165, 1.54) is 17.9 Å². The molecular formula is C24H19NO9. The van der Waals surface area contributed by atoms with Gasteiger partial charge in [0.05, 0.1) is 42.7 Å². The number of Topliss-reactive ketones (excluding diaryl/α,β-unsaturated/α-hetero) is 1. The van der Waals surface area contributed by atoms with Crippen molar-refractivity contribution in [1.29, 1.82) is 0 Å². The molecule has 3 N–H and O–H groups in total. The lowest BCUT2D eigenvalue weighted by atomic mass is 9.72. The molecule has 0 saturated carbocycles. The summed E-state index contributed by atoms with van der Waals surface area (Å²) in [7, 11) is 1.17. The van der Waals surface area contributed by atoms with Gasteiger partial charge in [0.2, 0.25) is 5.78 Å². The molecule has 2 atom stereocenters. The summed E-state index contributed by atoms with van der Waals surface area (Å²) >= 11 is 0. The Bertz CT molecular complexity index is 1530. The van der Waals surface area contributed by atoms with Crippen molar-refractivity contribution in [2.45, 2.75) is 37.5 Å². The fraction of sp³-hybridized carbons (Fsp3) is 0.292. The monoisotopic (exact) mass is 465 g/mol. The fourth-order valence-electron chi connectivity index (χ4n) is 5.40. The van der Waals surface area contributed by atoms with Gasteiger partial charge in [-0.2, -0.15) is 0 Å². The standard InChI is InChI=1S/C24H19NO9/c1-32-16(28)8-24-15(27)6-5-13(26)19(24)22(30)18-14(33-24)7-10-9-25-20-11(17(10)21(18)29)3-2-4-12(20)23(31)34-25/h2-4,7,15,26-27,29H,5-6,8-9H2,1H3/t15-,24+/m0/s1. The third kappa shape index (κ3) is 2.45. The number of aliphatic hydroxyl groups excluding tert-OH is 2. The first-order valence-electron chi connectivity index (χ1n) is 10.7. The number of phenols is 1. The maximum atomic E-state index is 13.7. The summed E-state index contributed by atoms with van der Waals surface area (Å²) in [5.41, 5.74) is -0.986. The van der Waals surface area contributed by atoms with E-state index in [0.29, 0.717) is 27.6 Å². The van der Waals surface area contributed by atoms with Crippen LogP contribution < -0.4 is 10.4 Å². The molecule has 1 aromatic heterocycles. The molecule has 174 valence electrons. The number of rotatable bonds is 2. The van der Waals surface area contributed by atoms with Gasteiger partial charge in [-0.3, -0.25) is 9.59 Å². The molecule has 2 aromatic carbocycles. The summed E-state index contributed by atoms with van der Waals surface area (Å²) < 4.78 is 17.6. The highest BCUT2D eigenvalue weighted by Gasteiger charge is 2.56. The van der Waals surface area contributed by atoms with Gasteiger partial charge in [-0.15, -0.1) is 0 Å². The zero-order valence-corrected chi connectivity index (χ0v) is 18.0. The molecule has 10 nitrogen and oxygen atoms in total. The zero-order chi connectivity index (χ0) is 23.9. The minimum Gasteiger partial charge on any atom is -0.512 e. The smallest absolute Gasteiger partial charge is 0.365 e. The highest BCUT2D eigenvalue weighted by Crippen LogP contribution is 2.52. The minimum atomic E-state index is -1.86. The largest absolute Gasteiger partial charge is 0.512 e. The van der Waals surface area contributed by atoms with E-state index in [1.807, 2.05) is 0 Å². The molecule has 2 aliphatic heterocycles. The predicted octanol–water partition coefficient (Wildman–Crippen LogP) is 2.17. The van der Waals surface area contributed by atoms with E-state index in [-0.39, 0.29) is 47.8 Å². The molecule has 0 saturated heterocycles. The maximum Gasteiger partial charge on any atom is 0.365 e. The molecule has 3 aromatic rings. The summed E-state index contributed by atoms with van der Waals surface area (Å²) in [6, 6.07) is 6.49. The first-order chi connectivity index (χ1) is 16.3. The number of phenolic OH excluding ortho intramolecular Hbond substituents is 1. The number of nitrogens with zero attached hydrogens (tertiary/aromatic N) is 1. The second-order valence-corrected chi connectivity index (χ2v) is 8.70. The number of ketones is 1. The van der Waals surface area contributed by atoms with Crippen molar-refractivity contribution in [3.8, 4) is 22.6 Å². The number of aromatic nitrogens is 1. The number of benzene rings is 2. The van der Waals surface area contributed by atoms with Crippen molar-refractivity contribution < 1.29 is 38.9 Å². The van der Waals surface area contributed by atoms with Crippen LogP contribution in [0.3, 0.4) is 0 Å². The van der Waals surface area contributed by atoms with Crippen molar-refractivity contribution in [2.24, 2.45) is 0 Å². The Morgan fingerprint density at radius 3 is 2.82 bits per heavy atom. The molecule has 3 aliphatic rings. The highest BCUT2D eigenvalue weighted by molar-refractivity contribution is 6.17. The molecule has 3 heterocycles. The Kier molecular flexibility index (Phi) is 4.07. The van der Waals surface area contributed by atoms with E-state index < -0.39 is 35.5 Å². The van der Waals surface area contributed by atoms with Gasteiger partial charge in [-0.05, 0) is 24.1 Å². The number of fused-ring (bicyclic) bond motifs is 4. The zero-order valence-electron chi connectivity index (χ0n) is 18.0. The minimum absolute atomic E-state index is 0.0101. The lowest BCUT2D eigenvalue weighted by Crippen LogP contribution is -2.57. The number of allylic oxidation sites excluding steroid dienone is 1. The van der Waals surface area contributed by atoms with Gasteiger partial charge in [0.25, 0.3) is 0 Å². The molecular weight excluding hydrogens is 446 g/mol. The first-order valence-corrected chi connectivity index (χ1v) is 10.7. The quantitative estimate of drug-likeness (QED) is 0.379. The maximum absolute atomic E-state index is 13.7. The van der Waals surface area contributed by atoms with Crippen molar-refractivity contribution in [3.05, 3.63) is 57.1 Å². The van der Waals surface area contributed by atoms with E-state index in [1.54, 1.807) is 18.2 Å². The topological polar surface area (TPSA) is 148 Å². The molecule has 0 unspecified atom stereocenters. The number of aliphatic hydroxyl groups is 2. The number of hydrogen-bond acceptors (Lipinski definition) is 9. The van der Waals surface area contributed by atoms with Gasteiger partial charge in [0.15, 0.2) is 5.60 Å². The van der Waals surface area contributed by atoms with Crippen LogP contribution in [0.4, 0.5) is 0 Å². The van der Waals surface area contributed by atoms with Crippen LogP contribution in [0, 0.1) is 0 Å². The summed E-state index contributed by atoms with van der Waals surface area (Å²) in [6.07, 6.45) is -1.72. The van der Waals surface area contributed by atoms with Crippen molar-refractivity contribution >= 4 is 22.7 Å². The summed E-state index contributed by atoms with van der Waals surface area (Å²) in [6.45, 7) is 0.0873. The van der Waals surface area contributed by atoms with Gasteiger partial charge in [0.1, 0.15) is 22.8 Å². The molecule has 0 bridgehead atoms. The lowest BCUT2D eigenvalue weighted by molar-refractivity contribution is -0.148. The Morgan fingerprint density at radius 2 is 2.06 bits per heavy atom. The van der Waals surface area contributed by atoms with Crippen LogP contribution in [-0.2, 0) is 16.1 Å². The lowest BCUT2D eigenvalue weighted by Gasteiger charge is -2.45. The summed E-state index contributed by atoms with van der Waals surface area (Å²) in [5.74, 6) is -2.23. The normalized spacial score (nSPS) is 22.6. The van der Waals surface area contributed by atoms with Gasteiger partial charge >= 0.3 is 11.6 Å². The van der Waals surface area contributed by atoms with Gasteiger partial charge in [-0.25, -0.2) is 9.53 Å². The van der Waals surface area contributed by atoms with E-state index in [2.05, 4.69) is 0 Å². The SMILES string of the molecule is COC(=O)C[C@]12Oc3cc4c(c(O)c3C(=O)C1=C(O)CC[C@@H]2O)-c1cccc2c(=O)on(c12)C4. The number of aromatic hydroxyl groups is 1. The molecule has 10 heteroatoms. The number of carbonyl (C=O) groups is 2. The van der Waals surface area contributed by atoms with Gasteiger partial charge < -0.3 is 29.3 Å². The van der Waals surface area contributed by atoms with Crippen LogP contribution in [0.1, 0.15) is 35.2 Å². The van der Waals surface area contributed by atoms with Crippen molar-refractivity contribution in [3.63, 3.8) is 0 Å². The molecule has 0 fully saturated rings. The Hall–Kier alpha value is -4.05. The van der Waals surface area contributed by atoms with E-state index in [0.717, 1.165) is 0 Å². The number of ether oxygens (including phenoxy) is 2. The third-order valence-electron chi connectivity index (χ3n) is 6.91. The molecule has 0 radical (unpaired) electrons. The number of hydrogen-bond donors (Lipinski definition) is 3. The number of esters is 1. The Balaban J connectivity index is 1.62. The number of para-hydroxylation sites is 1. The van der Waals surface area contributed by atoms with Crippen LogP contribution in [0.2, 0.25) is 0 Å². The van der Waals surface area contributed by atoms with Crippen LogP contribution in [-0.4, -0.2) is 50.6 Å². The fourth-order valence-corrected chi connectivity index (χ4v) is 5.40. The van der Waals surface area contributed by atoms with Crippen molar-refractivity contribution in [1.82, 2.24) is 4.74 Å². The van der Waals surface area contributed by atoms with E-state index in [4.69, 9.17) is 14.0 Å². The van der Waals surface area contributed by atoms with Crippen LogP contribution in [0.25, 0.3) is 22.0 Å². The molecule has 6 rings (SSSR count). The van der Waals surface area contributed by atoms with E-state index in [9.17, 15) is 29.7 Å². The molecule has 1 aliphatic carbocycles. The molecule has 34 heavy (non-hydrogen) atoms. The van der Waals surface area contributed by atoms with Crippen LogP contribution >= 0.6 is 0 Å². The van der Waals surface area contributed by atoms with Gasteiger partial charge in [-0.1, -0.05) is 12.1 Å². The van der Waals surface area contributed by atoms with Crippen LogP contribution in [0.15, 0.2) is 44.9 Å². The van der Waals surface area contributed by atoms with Crippen LogP contribution in [0.5, 0.6) is 11.5 Å². The number of carbonyl (C=O) groups excluding carboxylic acids is 2. The summed E-state index contributed by atoms with van der Waals surface area (Å²) in [4.78, 5) is 38.2. The third-order valence-corrected chi connectivity index (χ3v) is 6.91. The Morgan fingerprint density at radius 1 is 1.26 bits per heavy atom. The van der Waals surface area contributed by atoms with Gasteiger partial charge in [0, 0.05) is 17.5 Å². The second-order valence-electron chi connectivity index (χ2n) is 8.70. The summed E-state index contributed by atoms with van der Waals surface area (Å²) in [5, 5.41) is 33.1. The predicted molar refractivity (Wildman–Crippen MR) is 116 cm³/mol. The molecule has 0 spiro atoms. The average Bonchev–Trinajstić information content (AvgIpc) is 3.12. The second kappa shape index (κ2) is 6.73. The van der Waals surface area contributed by atoms with Crippen molar-refractivity contribution in [2.75, 3.05) is 7.11 Å². The highest BCUT2D eigenvalue weighted by atomic mass is 16.5. The average molecular weight is 465 g/mol. The first kappa shape index (κ1) is 20.5. The number of methoxy groups -OCH3 is 1. The Labute approximate surface area is 191 Å². The van der Waals surface area contributed by atoms with E-state index >= 15 is 0 Å².